The highest BCUT2D eigenvalue weighted by atomic mass is 19.1. The molecule has 2 aromatic carbocycles. The van der Waals surface area contributed by atoms with Crippen molar-refractivity contribution in [3.63, 3.8) is 0 Å². The van der Waals surface area contributed by atoms with Crippen LogP contribution in [0.15, 0.2) is 54.7 Å². The number of aryl methyl sites for hydroxylation is 1. The minimum absolute atomic E-state index is 0.00152. The molecule has 0 unspecified atom stereocenters. The lowest BCUT2D eigenvalue weighted by Gasteiger charge is -2.26. The molecular weight excluding hydrogens is 423 g/mol. The van der Waals surface area contributed by atoms with Crippen LogP contribution >= 0.6 is 0 Å². The van der Waals surface area contributed by atoms with E-state index in [0.29, 0.717) is 25.1 Å². The van der Waals surface area contributed by atoms with Gasteiger partial charge >= 0.3 is 0 Å². The van der Waals surface area contributed by atoms with E-state index in [-0.39, 0.29) is 11.7 Å². The molecule has 1 aliphatic rings. The summed E-state index contributed by atoms with van der Waals surface area (Å²) < 4.78 is 26.1. The van der Waals surface area contributed by atoms with Gasteiger partial charge in [-0.2, -0.15) is 5.10 Å². The van der Waals surface area contributed by atoms with Crippen molar-refractivity contribution < 1.29 is 18.7 Å². The van der Waals surface area contributed by atoms with Crippen LogP contribution in [0.25, 0.3) is 16.9 Å². The summed E-state index contributed by atoms with van der Waals surface area (Å²) in [7, 11) is 1.62. The molecule has 7 nitrogen and oxygen atoms in total. The number of hydrogen-bond acceptors (Lipinski definition) is 5. The van der Waals surface area contributed by atoms with Gasteiger partial charge in [0.05, 0.1) is 31.7 Å². The Bertz CT molecular complexity index is 1080. The SMILES string of the molecule is COc1cccc(-c2nn(-c3cccc(F)c3)cc2CCC(=O)NCCN2CCOCC2)c1. The summed E-state index contributed by atoms with van der Waals surface area (Å²) in [6.07, 6.45) is 2.73. The van der Waals surface area contributed by atoms with Crippen LogP contribution in [0.2, 0.25) is 0 Å². The van der Waals surface area contributed by atoms with Crippen molar-refractivity contribution in [2.24, 2.45) is 0 Å². The fourth-order valence-electron chi connectivity index (χ4n) is 3.87. The maximum Gasteiger partial charge on any atom is 0.220 e. The smallest absolute Gasteiger partial charge is 0.220 e. The molecule has 1 saturated heterocycles. The second kappa shape index (κ2) is 11.1. The molecular formula is C25H29FN4O3. The van der Waals surface area contributed by atoms with Gasteiger partial charge in [0.1, 0.15) is 11.6 Å². The fraction of sp³-hybridized carbons (Fsp3) is 0.360. The first kappa shape index (κ1) is 22.9. The zero-order chi connectivity index (χ0) is 23.0. The normalized spacial score (nSPS) is 14.2. The van der Waals surface area contributed by atoms with Crippen LogP contribution in [0.3, 0.4) is 0 Å². The van der Waals surface area contributed by atoms with Gasteiger partial charge < -0.3 is 14.8 Å². The highest BCUT2D eigenvalue weighted by Crippen LogP contribution is 2.28. The molecule has 0 aliphatic carbocycles. The third-order valence-electron chi connectivity index (χ3n) is 5.68. The molecule has 0 saturated carbocycles. The van der Waals surface area contributed by atoms with Crippen molar-refractivity contribution in [1.82, 2.24) is 20.0 Å². The molecule has 33 heavy (non-hydrogen) atoms. The lowest BCUT2D eigenvalue weighted by Crippen LogP contribution is -2.41. The number of nitrogens with one attached hydrogen (secondary N) is 1. The van der Waals surface area contributed by atoms with E-state index in [1.807, 2.05) is 30.5 Å². The van der Waals surface area contributed by atoms with Gasteiger partial charge in [-0.05, 0) is 42.3 Å². The molecule has 1 N–H and O–H groups in total. The van der Waals surface area contributed by atoms with Crippen LogP contribution < -0.4 is 10.1 Å². The third kappa shape index (κ3) is 6.18. The molecule has 1 fully saturated rings. The third-order valence-corrected chi connectivity index (χ3v) is 5.68. The van der Waals surface area contributed by atoms with Crippen molar-refractivity contribution in [1.29, 1.82) is 0 Å². The average Bonchev–Trinajstić information content (AvgIpc) is 3.28. The Balaban J connectivity index is 1.46. The van der Waals surface area contributed by atoms with Gasteiger partial charge in [0.2, 0.25) is 5.91 Å². The number of ether oxygens (including phenoxy) is 2. The Kier molecular flexibility index (Phi) is 7.70. The number of morpholine rings is 1. The molecule has 0 radical (unpaired) electrons. The Hall–Kier alpha value is -3.23. The number of carbonyl (C=O) groups excluding carboxylic acids is 1. The van der Waals surface area contributed by atoms with E-state index in [2.05, 4.69) is 10.2 Å². The second-order valence-electron chi connectivity index (χ2n) is 7.96. The number of benzene rings is 2. The number of amides is 1. The maximum absolute atomic E-state index is 13.8. The quantitative estimate of drug-likeness (QED) is 0.541. The van der Waals surface area contributed by atoms with Crippen molar-refractivity contribution in [3.8, 4) is 22.7 Å². The van der Waals surface area contributed by atoms with E-state index < -0.39 is 0 Å². The van der Waals surface area contributed by atoms with E-state index in [4.69, 9.17) is 14.6 Å². The summed E-state index contributed by atoms with van der Waals surface area (Å²) >= 11 is 0. The summed E-state index contributed by atoms with van der Waals surface area (Å²) in [6, 6.07) is 13.9. The van der Waals surface area contributed by atoms with E-state index in [1.54, 1.807) is 23.9 Å². The van der Waals surface area contributed by atoms with Crippen molar-refractivity contribution >= 4 is 5.91 Å². The Morgan fingerprint density at radius 3 is 2.79 bits per heavy atom. The van der Waals surface area contributed by atoms with Crippen LogP contribution in [0.1, 0.15) is 12.0 Å². The van der Waals surface area contributed by atoms with Crippen LogP contribution in [0.5, 0.6) is 5.75 Å². The molecule has 1 amide bonds. The fourth-order valence-corrected chi connectivity index (χ4v) is 3.87. The van der Waals surface area contributed by atoms with Crippen LogP contribution in [-0.4, -0.2) is 67.1 Å². The zero-order valence-electron chi connectivity index (χ0n) is 18.8. The summed E-state index contributed by atoms with van der Waals surface area (Å²) in [5.74, 6) is 0.394. The van der Waals surface area contributed by atoms with Crippen molar-refractivity contribution in [2.45, 2.75) is 12.8 Å². The topological polar surface area (TPSA) is 68.6 Å². The van der Waals surface area contributed by atoms with E-state index in [0.717, 1.165) is 55.4 Å². The Morgan fingerprint density at radius 2 is 2.00 bits per heavy atom. The van der Waals surface area contributed by atoms with Crippen LogP contribution in [0.4, 0.5) is 4.39 Å². The molecule has 0 spiro atoms. The zero-order valence-corrected chi connectivity index (χ0v) is 18.8. The molecule has 2 heterocycles. The number of aromatic nitrogens is 2. The molecule has 4 rings (SSSR count). The van der Waals surface area contributed by atoms with Gasteiger partial charge in [-0.3, -0.25) is 9.69 Å². The number of rotatable bonds is 9. The first-order valence-corrected chi connectivity index (χ1v) is 11.2. The standard InChI is InChI=1S/C25H29FN4O3/c1-32-23-7-2-4-19(16-23)25-20(18-30(28-25)22-6-3-5-21(26)17-22)8-9-24(31)27-10-11-29-12-14-33-15-13-29/h2-7,16-18H,8-15H2,1H3,(H,27,31). The first-order valence-electron chi connectivity index (χ1n) is 11.2. The van der Waals surface area contributed by atoms with E-state index in [1.165, 1.54) is 12.1 Å². The molecule has 174 valence electrons. The summed E-state index contributed by atoms with van der Waals surface area (Å²) in [5, 5.41) is 7.72. The molecule has 1 aromatic heterocycles. The first-order chi connectivity index (χ1) is 16.1. The van der Waals surface area contributed by atoms with Crippen molar-refractivity contribution in [2.75, 3.05) is 46.5 Å². The van der Waals surface area contributed by atoms with E-state index in [9.17, 15) is 9.18 Å². The monoisotopic (exact) mass is 452 g/mol. The lowest BCUT2D eigenvalue weighted by molar-refractivity contribution is -0.121. The number of nitrogens with zero attached hydrogens (tertiary/aromatic N) is 3. The molecule has 3 aromatic rings. The van der Waals surface area contributed by atoms with Crippen molar-refractivity contribution in [3.05, 3.63) is 66.1 Å². The highest BCUT2D eigenvalue weighted by Gasteiger charge is 2.15. The van der Waals surface area contributed by atoms with Crippen LogP contribution in [0, 0.1) is 5.82 Å². The Morgan fingerprint density at radius 1 is 1.18 bits per heavy atom. The number of carbonyl (C=O) groups is 1. The van der Waals surface area contributed by atoms with E-state index >= 15 is 0 Å². The molecule has 8 heteroatoms. The summed E-state index contributed by atoms with van der Waals surface area (Å²) in [4.78, 5) is 14.8. The summed E-state index contributed by atoms with van der Waals surface area (Å²) in [5.41, 5.74) is 3.17. The second-order valence-corrected chi connectivity index (χ2v) is 7.96. The van der Waals surface area contributed by atoms with Gasteiger partial charge in [0, 0.05) is 44.4 Å². The lowest BCUT2D eigenvalue weighted by atomic mass is 10.0. The molecule has 0 atom stereocenters. The molecule has 1 aliphatic heterocycles. The number of methoxy groups -OCH3 is 1. The largest absolute Gasteiger partial charge is 0.497 e. The summed E-state index contributed by atoms with van der Waals surface area (Å²) in [6.45, 7) is 4.73. The minimum atomic E-state index is -0.327. The average molecular weight is 453 g/mol. The maximum atomic E-state index is 13.8. The number of hydrogen-bond donors (Lipinski definition) is 1. The van der Waals surface area contributed by atoms with Gasteiger partial charge in [-0.15, -0.1) is 0 Å². The predicted octanol–water partition coefficient (Wildman–Crippen LogP) is 3.07. The predicted molar refractivity (Wildman–Crippen MR) is 124 cm³/mol. The van der Waals surface area contributed by atoms with Gasteiger partial charge in [0.15, 0.2) is 0 Å². The number of halogens is 1. The van der Waals surface area contributed by atoms with Gasteiger partial charge in [-0.1, -0.05) is 18.2 Å². The van der Waals surface area contributed by atoms with Gasteiger partial charge in [0.25, 0.3) is 0 Å². The molecule has 0 bridgehead atoms. The van der Waals surface area contributed by atoms with Gasteiger partial charge in [-0.25, -0.2) is 9.07 Å². The highest BCUT2D eigenvalue weighted by molar-refractivity contribution is 5.76. The van der Waals surface area contributed by atoms with Crippen LogP contribution in [-0.2, 0) is 16.0 Å². The minimum Gasteiger partial charge on any atom is -0.497 e. The Labute approximate surface area is 193 Å².